The van der Waals surface area contributed by atoms with Crippen LogP contribution < -0.4 is 5.76 Å². The molecular weight excluding hydrogens is 313 g/mol. The lowest BCUT2D eigenvalue weighted by molar-refractivity contribution is 0.303. The largest absolute Gasteiger partial charge is 0.441 e. The van der Waals surface area contributed by atoms with Gasteiger partial charge >= 0.3 is 5.76 Å². The Morgan fingerprint density at radius 2 is 2.04 bits per heavy atom. The summed E-state index contributed by atoms with van der Waals surface area (Å²) in [5, 5.41) is 3.77. The minimum Gasteiger partial charge on any atom is -0.300 e. The van der Waals surface area contributed by atoms with Crippen LogP contribution in [0.4, 0.5) is 4.39 Å². The number of aromatic nitrogens is 4. The third-order valence-corrected chi connectivity index (χ3v) is 3.55. The van der Waals surface area contributed by atoms with Gasteiger partial charge in [0.15, 0.2) is 0 Å². The monoisotopic (exact) mass is 329 g/mol. The molecule has 0 radical (unpaired) electrons. The molecule has 0 N–H and O–H groups in total. The van der Waals surface area contributed by atoms with Gasteiger partial charge in [-0.2, -0.15) is 0 Å². The molecule has 7 nitrogen and oxygen atoms in total. The van der Waals surface area contributed by atoms with Crippen molar-refractivity contribution >= 4 is 0 Å². The number of hydrogen-bond acceptors (Lipinski definition) is 6. The average molecular weight is 329 g/mol. The Morgan fingerprint density at radius 3 is 2.75 bits per heavy atom. The van der Waals surface area contributed by atoms with Gasteiger partial charge in [0, 0.05) is 32.0 Å². The third-order valence-electron chi connectivity index (χ3n) is 3.55. The quantitative estimate of drug-likeness (QED) is 0.683. The molecule has 124 valence electrons. The van der Waals surface area contributed by atoms with Crippen molar-refractivity contribution in [3.05, 3.63) is 64.8 Å². The summed E-state index contributed by atoms with van der Waals surface area (Å²) in [5.74, 6) is -0.444. The molecule has 2 aromatic heterocycles. The fraction of sp³-hybridized carbons (Fsp3) is 0.250. The van der Waals surface area contributed by atoms with Gasteiger partial charge in [-0.05, 0) is 24.7 Å². The van der Waals surface area contributed by atoms with E-state index in [-0.39, 0.29) is 5.82 Å². The normalized spacial score (nSPS) is 11.1. The van der Waals surface area contributed by atoms with Crippen LogP contribution in [0.2, 0.25) is 0 Å². The highest BCUT2D eigenvalue weighted by Gasteiger charge is 2.14. The molecule has 24 heavy (non-hydrogen) atoms. The summed E-state index contributed by atoms with van der Waals surface area (Å²) in [6, 6.07) is 6.34. The molecule has 0 atom stereocenters. The van der Waals surface area contributed by atoms with Crippen LogP contribution in [0.25, 0.3) is 11.5 Å². The van der Waals surface area contributed by atoms with Crippen LogP contribution in [-0.2, 0) is 13.1 Å². The topological polar surface area (TPSA) is 77.1 Å². The highest BCUT2D eigenvalue weighted by Crippen LogP contribution is 2.11. The van der Waals surface area contributed by atoms with Crippen molar-refractivity contribution < 1.29 is 8.91 Å². The molecule has 0 saturated heterocycles. The fourth-order valence-corrected chi connectivity index (χ4v) is 2.32. The highest BCUT2D eigenvalue weighted by atomic mass is 19.1. The van der Waals surface area contributed by atoms with Crippen LogP contribution in [0.15, 0.2) is 52.2 Å². The summed E-state index contributed by atoms with van der Waals surface area (Å²) in [7, 11) is 1.92. The van der Waals surface area contributed by atoms with Crippen molar-refractivity contribution in [1.82, 2.24) is 24.6 Å². The van der Waals surface area contributed by atoms with Gasteiger partial charge in [0.25, 0.3) is 0 Å². The first-order valence-electron chi connectivity index (χ1n) is 7.39. The van der Waals surface area contributed by atoms with Crippen LogP contribution in [0.5, 0.6) is 0 Å². The Balaban J connectivity index is 1.67. The van der Waals surface area contributed by atoms with Crippen molar-refractivity contribution in [3.63, 3.8) is 0 Å². The number of nitrogens with zero attached hydrogens (tertiary/aromatic N) is 5. The molecule has 0 unspecified atom stereocenters. The molecule has 0 aliphatic carbocycles. The molecule has 2 heterocycles. The van der Waals surface area contributed by atoms with Crippen molar-refractivity contribution in [2.24, 2.45) is 0 Å². The second-order valence-electron chi connectivity index (χ2n) is 5.38. The molecule has 0 bridgehead atoms. The molecule has 0 spiro atoms. The summed E-state index contributed by atoms with van der Waals surface area (Å²) < 4.78 is 19.1. The lowest BCUT2D eigenvalue weighted by Gasteiger charge is -2.16. The molecule has 8 heteroatoms. The van der Waals surface area contributed by atoms with E-state index in [0.717, 1.165) is 5.56 Å². The highest BCUT2D eigenvalue weighted by molar-refractivity contribution is 5.46. The van der Waals surface area contributed by atoms with Gasteiger partial charge < -0.3 is 4.90 Å². The minimum atomic E-state index is -0.536. The Hall–Kier alpha value is -2.87. The Morgan fingerprint density at radius 1 is 1.25 bits per heavy atom. The number of rotatable bonds is 6. The van der Waals surface area contributed by atoms with Gasteiger partial charge in [0.05, 0.1) is 6.20 Å². The SMILES string of the molecule is CN(CCn1c(-c2cnccn2)noc1=O)Cc1ccc(F)cc1. The zero-order chi connectivity index (χ0) is 16.9. The molecule has 0 saturated carbocycles. The van der Waals surface area contributed by atoms with E-state index in [1.807, 2.05) is 11.9 Å². The van der Waals surface area contributed by atoms with Gasteiger partial charge in [-0.3, -0.25) is 14.1 Å². The van der Waals surface area contributed by atoms with Crippen molar-refractivity contribution in [3.8, 4) is 11.5 Å². The molecule has 0 aliphatic rings. The van der Waals surface area contributed by atoms with Crippen LogP contribution in [-0.4, -0.2) is 38.2 Å². The number of likely N-dealkylation sites (N-methyl/N-ethyl adjacent to an activating group) is 1. The zero-order valence-electron chi connectivity index (χ0n) is 13.1. The third kappa shape index (κ3) is 3.72. The van der Waals surface area contributed by atoms with Crippen molar-refractivity contribution in [2.75, 3.05) is 13.6 Å². The van der Waals surface area contributed by atoms with E-state index in [1.54, 1.807) is 18.3 Å². The molecule has 0 amide bonds. The first kappa shape index (κ1) is 16.0. The first-order chi connectivity index (χ1) is 11.6. The fourth-order valence-electron chi connectivity index (χ4n) is 2.32. The van der Waals surface area contributed by atoms with E-state index >= 15 is 0 Å². The van der Waals surface area contributed by atoms with E-state index in [4.69, 9.17) is 4.52 Å². The summed E-state index contributed by atoms with van der Waals surface area (Å²) in [6.07, 6.45) is 4.60. The Bertz CT molecular complexity index is 845. The molecule has 3 rings (SSSR count). The second-order valence-corrected chi connectivity index (χ2v) is 5.38. The first-order valence-corrected chi connectivity index (χ1v) is 7.39. The molecular formula is C16H16FN5O2. The van der Waals surface area contributed by atoms with Crippen molar-refractivity contribution in [2.45, 2.75) is 13.1 Å². The maximum Gasteiger partial charge on any atom is 0.441 e. The van der Waals surface area contributed by atoms with Gasteiger partial charge in [0.1, 0.15) is 11.5 Å². The molecule has 0 aliphatic heterocycles. The van der Waals surface area contributed by atoms with E-state index < -0.39 is 5.76 Å². The molecule has 0 fully saturated rings. The number of hydrogen-bond donors (Lipinski definition) is 0. The summed E-state index contributed by atoms with van der Waals surface area (Å²) in [5.41, 5.74) is 1.47. The molecule has 1 aromatic carbocycles. The number of benzene rings is 1. The van der Waals surface area contributed by atoms with Gasteiger partial charge in [0.2, 0.25) is 5.82 Å². The number of halogens is 1. The van der Waals surface area contributed by atoms with E-state index in [0.29, 0.717) is 31.2 Å². The summed E-state index contributed by atoms with van der Waals surface area (Å²) in [6.45, 7) is 1.62. The average Bonchev–Trinajstić information content (AvgIpc) is 2.97. The lowest BCUT2D eigenvalue weighted by Crippen LogP contribution is -2.27. The second kappa shape index (κ2) is 7.14. The van der Waals surface area contributed by atoms with Crippen molar-refractivity contribution in [1.29, 1.82) is 0 Å². The maximum atomic E-state index is 12.9. The predicted molar refractivity (Wildman–Crippen MR) is 84.5 cm³/mol. The summed E-state index contributed by atoms with van der Waals surface area (Å²) in [4.78, 5) is 22.0. The van der Waals surface area contributed by atoms with Crippen LogP contribution in [0.3, 0.4) is 0 Å². The van der Waals surface area contributed by atoms with E-state index in [2.05, 4.69) is 15.1 Å². The zero-order valence-corrected chi connectivity index (χ0v) is 13.1. The molecule has 3 aromatic rings. The smallest absolute Gasteiger partial charge is 0.300 e. The lowest BCUT2D eigenvalue weighted by atomic mass is 10.2. The van der Waals surface area contributed by atoms with Crippen LogP contribution in [0.1, 0.15) is 5.56 Å². The minimum absolute atomic E-state index is 0.258. The van der Waals surface area contributed by atoms with E-state index in [9.17, 15) is 9.18 Å². The maximum absolute atomic E-state index is 12.9. The predicted octanol–water partition coefficient (Wildman–Crippen LogP) is 1.56. The van der Waals surface area contributed by atoms with Gasteiger partial charge in [-0.15, -0.1) is 0 Å². The van der Waals surface area contributed by atoms with Gasteiger partial charge in [-0.25, -0.2) is 14.2 Å². The summed E-state index contributed by atoms with van der Waals surface area (Å²) >= 11 is 0. The van der Waals surface area contributed by atoms with Crippen LogP contribution in [0, 0.1) is 5.82 Å². The van der Waals surface area contributed by atoms with Crippen LogP contribution >= 0.6 is 0 Å². The Labute approximate surface area is 137 Å². The Kier molecular flexibility index (Phi) is 4.76. The van der Waals surface area contributed by atoms with Gasteiger partial charge in [-0.1, -0.05) is 17.3 Å². The van der Waals surface area contributed by atoms with E-state index in [1.165, 1.54) is 29.1 Å². The standard InChI is InChI=1S/C16H16FN5O2/c1-21(11-12-2-4-13(17)5-3-12)8-9-22-15(20-24-16(22)23)14-10-18-6-7-19-14/h2-7,10H,8-9,11H2,1H3.